The maximum absolute atomic E-state index is 9.48. The van der Waals surface area contributed by atoms with Crippen molar-refractivity contribution in [2.24, 2.45) is 5.92 Å². The molecule has 0 N–H and O–H groups in total. The Kier molecular flexibility index (Phi) is 3.76. The molecule has 1 aromatic carbocycles. The first-order valence-corrected chi connectivity index (χ1v) is 10.5. The van der Waals surface area contributed by atoms with E-state index in [9.17, 15) is 1.37 Å². The third-order valence-corrected chi connectivity index (χ3v) is 6.94. The molecule has 2 nitrogen and oxygen atoms in total. The summed E-state index contributed by atoms with van der Waals surface area (Å²) in [6.07, 6.45) is 14.6. The first-order valence-electron chi connectivity index (χ1n) is 11.0. The van der Waals surface area contributed by atoms with Gasteiger partial charge in [0.2, 0.25) is 0 Å². The Balaban J connectivity index is 1.75. The van der Waals surface area contributed by atoms with Gasteiger partial charge in [-0.25, -0.2) is 4.57 Å². The molecule has 1 unspecified atom stereocenters. The molecule has 2 saturated carbocycles. The second-order valence-corrected chi connectivity index (χ2v) is 8.52. The van der Waals surface area contributed by atoms with E-state index in [2.05, 4.69) is 59.5 Å². The van der Waals surface area contributed by atoms with Crippen LogP contribution in [0.2, 0.25) is 0 Å². The molecule has 1 aromatic heterocycles. The summed E-state index contributed by atoms with van der Waals surface area (Å²) in [7, 11) is 0. The van der Waals surface area contributed by atoms with Crippen molar-refractivity contribution >= 4 is 6.20 Å². The number of imidazole rings is 1. The molecule has 2 fully saturated rings. The van der Waals surface area contributed by atoms with Crippen LogP contribution >= 0.6 is 0 Å². The average Bonchev–Trinajstić information content (AvgIpc) is 3.43. The molecule has 1 atom stereocenters. The van der Waals surface area contributed by atoms with Crippen LogP contribution in [0.1, 0.15) is 87.3 Å². The number of aromatic nitrogens is 2. The maximum Gasteiger partial charge on any atom is 0.269 e. The maximum atomic E-state index is 9.48. The van der Waals surface area contributed by atoms with E-state index in [1.165, 1.54) is 79.8 Å². The fourth-order valence-corrected chi connectivity index (χ4v) is 5.65. The van der Waals surface area contributed by atoms with Gasteiger partial charge in [-0.05, 0) is 56.2 Å². The highest BCUT2D eigenvalue weighted by atomic mass is 15.2. The zero-order chi connectivity index (χ0) is 18.6. The van der Waals surface area contributed by atoms with Crippen LogP contribution in [0.3, 0.4) is 0 Å². The molecule has 0 bridgehead atoms. The van der Waals surface area contributed by atoms with E-state index in [-0.39, 0.29) is 0 Å². The lowest BCUT2D eigenvalue weighted by Crippen LogP contribution is -2.39. The van der Waals surface area contributed by atoms with Gasteiger partial charge in [-0.1, -0.05) is 43.9 Å². The highest BCUT2D eigenvalue weighted by Gasteiger charge is 2.42. The third-order valence-electron chi connectivity index (χ3n) is 6.94. The van der Waals surface area contributed by atoms with Crippen molar-refractivity contribution in [2.45, 2.75) is 77.0 Å². The number of fused-ring (bicyclic) bond motifs is 1. The van der Waals surface area contributed by atoms with Crippen molar-refractivity contribution in [3.05, 3.63) is 53.1 Å². The Hall–Kier alpha value is -1.83. The third kappa shape index (κ3) is 2.41. The van der Waals surface area contributed by atoms with E-state index in [4.69, 9.17) is 0 Å². The number of para-hydroxylation sites is 1. The molecule has 3 aliphatic rings. The number of benzene rings is 1. The minimum atomic E-state index is -0.554. The summed E-state index contributed by atoms with van der Waals surface area (Å²) < 4.78 is 14.4. The predicted octanol–water partition coefficient (Wildman–Crippen LogP) is 5.80. The lowest BCUT2D eigenvalue weighted by molar-refractivity contribution is -0.612. The Morgan fingerprint density at radius 2 is 1.69 bits per heavy atom. The smallest absolute Gasteiger partial charge is 0.203 e. The van der Waals surface area contributed by atoms with Crippen molar-refractivity contribution in [1.82, 2.24) is 4.57 Å². The number of allylic oxidation sites excluding steroid dienone is 1. The average molecular weight is 349 g/mol. The van der Waals surface area contributed by atoms with Crippen molar-refractivity contribution in [2.75, 3.05) is 0 Å². The Morgan fingerprint density at radius 1 is 1.00 bits per heavy atom. The minimum Gasteiger partial charge on any atom is -0.203 e. The van der Waals surface area contributed by atoms with E-state index < -0.39 is 5.89 Å². The monoisotopic (exact) mass is 348 g/mol. The van der Waals surface area contributed by atoms with E-state index >= 15 is 0 Å². The standard InChI is InChI=1S/C24H31N2/c1-17-9-3-8-14-22(17)26-18(2)23-21(19-10-4-5-11-19)15-16-25(23)24(26)20-12-6-7-13-20/h3,8-9,14-16,19-21H,4-7,10-13H2,1-2H3/q+1/i21D. The molecule has 2 aromatic rings. The van der Waals surface area contributed by atoms with Gasteiger partial charge in [-0.2, -0.15) is 4.57 Å². The molecule has 2 heterocycles. The van der Waals surface area contributed by atoms with Gasteiger partial charge in [0.25, 0.3) is 5.82 Å². The lowest BCUT2D eigenvalue weighted by Gasteiger charge is -2.14. The van der Waals surface area contributed by atoms with Gasteiger partial charge < -0.3 is 0 Å². The van der Waals surface area contributed by atoms with Gasteiger partial charge in [-0.3, -0.25) is 0 Å². The van der Waals surface area contributed by atoms with Crippen LogP contribution in [0.4, 0.5) is 0 Å². The highest BCUT2D eigenvalue weighted by molar-refractivity contribution is 5.45. The summed E-state index contributed by atoms with van der Waals surface area (Å²) in [6.45, 7) is 4.46. The molecule has 5 rings (SSSR count). The van der Waals surface area contributed by atoms with Crippen LogP contribution < -0.4 is 4.57 Å². The fourth-order valence-electron chi connectivity index (χ4n) is 5.65. The Bertz CT molecular complexity index is 897. The molecular weight excluding hydrogens is 316 g/mol. The Labute approximate surface area is 159 Å². The van der Waals surface area contributed by atoms with Crippen molar-refractivity contribution in [3.8, 4) is 5.69 Å². The number of nitrogens with zero attached hydrogens (tertiary/aromatic N) is 2. The number of rotatable bonds is 3. The zero-order valence-electron chi connectivity index (χ0n) is 17.2. The molecule has 0 radical (unpaired) electrons. The van der Waals surface area contributed by atoms with E-state index in [0.717, 1.165) is 0 Å². The second-order valence-electron chi connectivity index (χ2n) is 8.52. The largest absolute Gasteiger partial charge is 0.269 e. The van der Waals surface area contributed by atoms with Gasteiger partial charge in [-0.15, -0.1) is 0 Å². The molecule has 0 amide bonds. The Morgan fingerprint density at radius 3 is 2.42 bits per heavy atom. The second kappa shape index (κ2) is 6.40. The summed E-state index contributed by atoms with van der Waals surface area (Å²) in [5.74, 6) is 1.93. The summed E-state index contributed by atoms with van der Waals surface area (Å²) in [5, 5.41) is 0. The van der Waals surface area contributed by atoms with Crippen LogP contribution in [0, 0.1) is 19.8 Å². The van der Waals surface area contributed by atoms with Crippen LogP contribution in [0.15, 0.2) is 30.3 Å². The topological polar surface area (TPSA) is 8.81 Å². The zero-order valence-corrected chi connectivity index (χ0v) is 16.2. The highest BCUT2D eigenvalue weighted by Crippen LogP contribution is 2.44. The van der Waals surface area contributed by atoms with Gasteiger partial charge >= 0.3 is 0 Å². The van der Waals surface area contributed by atoms with Gasteiger partial charge in [0, 0.05) is 14.2 Å². The van der Waals surface area contributed by atoms with E-state index in [0.29, 0.717) is 11.8 Å². The molecule has 26 heavy (non-hydrogen) atoms. The lowest BCUT2D eigenvalue weighted by atomic mass is 9.88. The predicted molar refractivity (Wildman–Crippen MR) is 107 cm³/mol. The van der Waals surface area contributed by atoms with Crippen LogP contribution in [-0.4, -0.2) is 4.57 Å². The summed E-state index contributed by atoms with van der Waals surface area (Å²) in [5.41, 5.74) is 5.12. The first-order chi connectivity index (χ1) is 13.1. The van der Waals surface area contributed by atoms with Crippen LogP contribution in [0.25, 0.3) is 11.9 Å². The van der Waals surface area contributed by atoms with Gasteiger partial charge in [0.15, 0.2) is 5.69 Å². The van der Waals surface area contributed by atoms with E-state index in [1.807, 2.05) is 0 Å². The van der Waals surface area contributed by atoms with Gasteiger partial charge in [0.1, 0.15) is 11.4 Å². The SMILES string of the molecule is [2H]C1(C2CCCC2)C=Cn2c1c(C)[n+](-c1ccccc1C)c2C1CCCC1. The molecule has 2 aliphatic carbocycles. The fraction of sp³-hybridized carbons (Fsp3) is 0.542. The summed E-state index contributed by atoms with van der Waals surface area (Å²) >= 11 is 0. The van der Waals surface area contributed by atoms with Crippen LogP contribution in [0.5, 0.6) is 0 Å². The van der Waals surface area contributed by atoms with Crippen molar-refractivity contribution in [3.63, 3.8) is 0 Å². The molecular formula is C24H31N2+. The first kappa shape index (κ1) is 15.2. The van der Waals surface area contributed by atoms with Crippen molar-refractivity contribution in [1.29, 1.82) is 0 Å². The summed E-state index contributed by atoms with van der Waals surface area (Å²) in [6, 6.07) is 8.74. The van der Waals surface area contributed by atoms with Crippen LogP contribution in [-0.2, 0) is 0 Å². The van der Waals surface area contributed by atoms with Crippen molar-refractivity contribution < 1.29 is 5.94 Å². The minimum absolute atomic E-state index is 0.463. The summed E-state index contributed by atoms with van der Waals surface area (Å²) in [4.78, 5) is 0. The molecule has 0 spiro atoms. The van der Waals surface area contributed by atoms with E-state index in [1.54, 1.807) is 0 Å². The number of hydrogen-bond donors (Lipinski definition) is 0. The number of hydrogen-bond acceptors (Lipinski definition) is 0. The quantitative estimate of drug-likeness (QED) is 0.620. The van der Waals surface area contributed by atoms with Gasteiger partial charge in [0.05, 0.1) is 12.1 Å². The molecule has 136 valence electrons. The number of aryl methyl sites for hydroxylation is 1. The molecule has 1 aliphatic heterocycles. The normalized spacial score (nSPS) is 26.6. The molecule has 0 saturated heterocycles. The molecule has 2 heteroatoms.